The highest BCUT2D eigenvalue weighted by atomic mass is 16.5. The Hall–Kier alpha value is -0.820. The van der Waals surface area contributed by atoms with E-state index in [1.165, 1.54) is 30.4 Å². The molecule has 2 rings (SSSR count). The summed E-state index contributed by atoms with van der Waals surface area (Å²) in [6, 6.07) is 6.78. The number of rotatable bonds is 2. The molecule has 14 heavy (non-hydrogen) atoms. The van der Waals surface area contributed by atoms with Gasteiger partial charge in [0.05, 0.1) is 6.61 Å². The fourth-order valence-corrected chi connectivity index (χ4v) is 2.25. The van der Waals surface area contributed by atoms with Gasteiger partial charge in [0.2, 0.25) is 0 Å². The van der Waals surface area contributed by atoms with E-state index in [-0.39, 0.29) is 0 Å². The zero-order valence-electron chi connectivity index (χ0n) is 9.05. The molecule has 1 atom stereocenters. The van der Waals surface area contributed by atoms with Gasteiger partial charge in [-0.25, -0.2) is 0 Å². The Morgan fingerprint density at radius 3 is 3.00 bits per heavy atom. The monoisotopic (exact) mass is 190 g/mol. The van der Waals surface area contributed by atoms with Crippen molar-refractivity contribution in [2.24, 2.45) is 5.92 Å². The number of hydrogen-bond acceptors (Lipinski definition) is 1. The molecule has 76 valence electrons. The van der Waals surface area contributed by atoms with Crippen LogP contribution in [0.3, 0.4) is 0 Å². The van der Waals surface area contributed by atoms with E-state index in [4.69, 9.17) is 4.74 Å². The molecule has 0 saturated heterocycles. The summed E-state index contributed by atoms with van der Waals surface area (Å²) in [5, 5.41) is 0. The molecule has 1 aromatic carbocycles. The standard InChI is InChI=1S/C13H18O/c1-10-3-5-13-8-11(9-14-2)4-6-12(13)7-10/h4,6,8,10H,3,5,7,9H2,1-2H3. The summed E-state index contributed by atoms with van der Waals surface area (Å²) in [6.45, 7) is 3.08. The minimum absolute atomic E-state index is 0.739. The molecule has 1 aromatic rings. The maximum atomic E-state index is 5.14. The highest BCUT2D eigenvalue weighted by Crippen LogP contribution is 2.26. The second kappa shape index (κ2) is 4.14. The number of fused-ring (bicyclic) bond motifs is 1. The minimum atomic E-state index is 0.739. The summed E-state index contributed by atoms with van der Waals surface area (Å²) < 4.78 is 5.14. The van der Waals surface area contributed by atoms with Crippen molar-refractivity contribution in [3.63, 3.8) is 0 Å². The van der Waals surface area contributed by atoms with Gasteiger partial charge >= 0.3 is 0 Å². The summed E-state index contributed by atoms with van der Waals surface area (Å²) in [4.78, 5) is 0. The number of aryl methyl sites for hydroxylation is 1. The van der Waals surface area contributed by atoms with E-state index in [1.54, 1.807) is 12.7 Å². The normalized spacial score (nSPS) is 20.6. The van der Waals surface area contributed by atoms with Gasteiger partial charge < -0.3 is 4.74 Å². The third-order valence-electron chi connectivity index (χ3n) is 3.06. The first kappa shape index (κ1) is 9.72. The van der Waals surface area contributed by atoms with Crippen molar-refractivity contribution < 1.29 is 4.74 Å². The molecule has 0 heterocycles. The molecule has 0 aromatic heterocycles. The van der Waals surface area contributed by atoms with Gasteiger partial charge in [-0.3, -0.25) is 0 Å². The van der Waals surface area contributed by atoms with Crippen LogP contribution in [0.1, 0.15) is 30.0 Å². The van der Waals surface area contributed by atoms with Crippen LogP contribution in [-0.4, -0.2) is 7.11 Å². The molecule has 0 saturated carbocycles. The summed E-state index contributed by atoms with van der Waals surface area (Å²) in [5.74, 6) is 0.857. The third-order valence-corrected chi connectivity index (χ3v) is 3.06. The summed E-state index contributed by atoms with van der Waals surface area (Å²) in [5.41, 5.74) is 4.39. The van der Waals surface area contributed by atoms with Crippen LogP contribution in [0, 0.1) is 5.92 Å². The molecule has 0 amide bonds. The number of hydrogen-bond donors (Lipinski definition) is 0. The zero-order chi connectivity index (χ0) is 9.97. The van der Waals surface area contributed by atoms with E-state index in [9.17, 15) is 0 Å². The van der Waals surface area contributed by atoms with Gasteiger partial charge in [0.1, 0.15) is 0 Å². The average molecular weight is 190 g/mol. The molecule has 0 fully saturated rings. The van der Waals surface area contributed by atoms with Gasteiger partial charge in [0.25, 0.3) is 0 Å². The van der Waals surface area contributed by atoms with Gasteiger partial charge in [0.15, 0.2) is 0 Å². The molecule has 0 bridgehead atoms. The van der Waals surface area contributed by atoms with E-state index in [2.05, 4.69) is 25.1 Å². The molecular formula is C13H18O. The van der Waals surface area contributed by atoms with Crippen molar-refractivity contribution in [3.05, 3.63) is 34.9 Å². The van der Waals surface area contributed by atoms with Gasteiger partial charge in [-0.05, 0) is 41.9 Å². The smallest absolute Gasteiger partial charge is 0.0713 e. The van der Waals surface area contributed by atoms with Crippen LogP contribution >= 0.6 is 0 Å². The SMILES string of the molecule is COCc1ccc2c(c1)CCC(C)C2. The second-order valence-corrected chi connectivity index (χ2v) is 4.38. The Balaban J connectivity index is 2.22. The maximum Gasteiger partial charge on any atom is 0.0713 e. The Morgan fingerprint density at radius 2 is 2.21 bits per heavy atom. The lowest BCUT2D eigenvalue weighted by atomic mass is 9.84. The van der Waals surface area contributed by atoms with Crippen LogP contribution in [0.5, 0.6) is 0 Å². The Morgan fingerprint density at radius 1 is 1.36 bits per heavy atom. The molecule has 0 radical (unpaired) electrons. The van der Waals surface area contributed by atoms with Crippen molar-refractivity contribution in [3.8, 4) is 0 Å². The highest BCUT2D eigenvalue weighted by Gasteiger charge is 2.14. The molecular weight excluding hydrogens is 172 g/mol. The lowest BCUT2D eigenvalue weighted by molar-refractivity contribution is 0.185. The van der Waals surface area contributed by atoms with Gasteiger partial charge in [-0.15, -0.1) is 0 Å². The van der Waals surface area contributed by atoms with Crippen LogP contribution in [0.4, 0.5) is 0 Å². The van der Waals surface area contributed by atoms with Crippen molar-refractivity contribution >= 4 is 0 Å². The number of methoxy groups -OCH3 is 1. The Bertz CT molecular complexity index is 317. The fourth-order valence-electron chi connectivity index (χ4n) is 2.25. The minimum Gasteiger partial charge on any atom is -0.380 e. The average Bonchev–Trinajstić information content (AvgIpc) is 2.19. The lowest BCUT2D eigenvalue weighted by Gasteiger charge is -2.21. The molecule has 1 aliphatic rings. The van der Waals surface area contributed by atoms with Gasteiger partial charge in [-0.1, -0.05) is 25.1 Å². The lowest BCUT2D eigenvalue weighted by Crippen LogP contribution is -2.11. The summed E-state index contributed by atoms with van der Waals surface area (Å²) in [6.07, 6.45) is 3.83. The van der Waals surface area contributed by atoms with Crippen molar-refractivity contribution in [2.75, 3.05) is 7.11 Å². The van der Waals surface area contributed by atoms with Gasteiger partial charge in [-0.2, -0.15) is 0 Å². The quantitative estimate of drug-likeness (QED) is 0.696. The molecule has 1 heteroatoms. The summed E-state index contributed by atoms with van der Waals surface area (Å²) in [7, 11) is 1.75. The predicted octanol–water partition coefficient (Wildman–Crippen LogP) is 2.96. The van der Waals surface area contributed by atoms with Crippen LogP contribution < -0.4 is 0 Å². The van der Waals surface area contributed by atoms with E-state index >= 15 is 0 Å². The van der Waals surface area contributed by atoms with Crippen LogP contribution in [0.15, 0.2) is 18.2 Å². The van der Waals surface area contributed by atoms with E-state index in [0.29, 0.717) is 0 Å². The Kier molecular flexibility index (Phi) is 2.87. The highest BCUT2D eigenvalue weighted by molar-refractivity contribution is 5.33. The molecule has 0 aliphatic heterocycles. The van der Waals surface area contributed by atoms with Crippen LogP contribution in [-0.2, 0) is 24.2 Å². The van der Waals surface area contributed by atoms with E-state index in [0.717, 1.165) is 12.5 Å². The zero-order valence-corrected chi connectivity index (χ0v) is 9.05. The number of benzene rings is 1. The molecule has 0 N–H and O–H groups in total. The molecule has 0 spiro atoms. The van der Waals surface area contributed by atoms with Gasteiger partial charge in [0, 0.05) is 7.11 Å². The second-order valence-electron chi connectivity index (χ2n) is 4.38. The van der Waals surface area contributed by atoms with Crippen LogP contribution in [0.2, 0.25) is 0 Å². The predicted molar refractivity (Wildman–Crippen MR) is 58.3 cm³/mol. The first-order chi connectivity index (χ1) is 6.79. The van der Waals surface area contributed by atoms with Crippen molar-refractivity contribution in [1.82, 2.24) is 0 Å². The molecule has 1 unspecified atom stereocenters. The number of ether oxygens (including phenoxy) is 1. The van der Waals surface area contributed by atoms with Crippen molar-refractivity contribution in [2.45, 2.75) is 32.8 Å². The fraction of sp³-hybridized carbons (Fsp3) is 0.538. The topological polar surface area (TPSA) is 9.23 Å². The third kappa shape index (κ3) is 1.98. The maximum absolute atomic E-state index is 5.14. The first-order valence-electron chi connectivity index (χ1n) is 5.39. The van der Waals surface area contributed by atoms with Crippen LogP contribution in [0.25, 0.3) is 0 Å². The summed E-state index contributed by atoms with van der Waals surface area (Å²) >= 11 is 0. The van der Waals surface area contributed by atoms with E-state index in [1.807, 2.05) is 0 Å². The molecule has 1 nitrogen and oxygen atoms in total. The largest absolute Gasteiger partial charge is 0.380 e. The molecule has 1 aliphatic carbocycles. The van der Waals surface area contributed by atoms with Crippen molar-refractivity contribution in [1.29, 1.82) is 0 Å². The van der Waals surface area contributed by atoms with E-state index < -0.39 is 0 Å². The first-order valence-corrected chi connectivity index (χ1v) is 5.39. The Labute approximate surface area is 86.1 Å².